The second-order valence-electron chi connectivity index (χ2n) is 7.63. The number of hydrogen-bond acceptors (Lipinski definition) is 5. The van der Waals surface area contributed by atoms with Gasteiger partial charge in [0, 0.05) is 29.9 Å². The fourth-order valence-corrected chi connectivity index (χ4v) is 4.47. The van der Waals surface area contributed by atoms with Crippen molar-refractivity contribution in [3.63, 3.8) is 0 Å². The molecule has 140 valence electrons. The number of para-hydroxylation sites is 1. The van der Waals surface area contributed by atoms with Crippen molar-refractivity contribution in [2.24, 2.45) is 5.41 Å². The zero-order chi connectivity index (χ0) is 19.2. The topological polar surface area (TPSA) is 75.7 Å². The molecule has 1 amide bonds. The first kappa shape index (κ1) is 17.5. The minimum absolute atomic E-state index is 0.0179. The standard InChI is InChI=1S/C21H22N2O4/c1-20(13-24)8-5-10-23-11-9-21(19(23)26)15-6-3-4-7-16(15)22-17(21)14(12-20)18(25)27-2/h3-8,13,22H,9-12H2,1-2H3. The fourth-order valence-electron chi connectivity index (χ4n) is 4.47. The highest BCUT2D eigenvalue weighted by Gasteiger charge is 2.56. The van der Waals surface area contributed by atoms with Gasteiger partial charge in [0.25, 0.3) is 0 Å². The molecule has 2 atom stereocenters. The largest absolute Gasteiger partial charge is 0.466 e. The number of nitrogens with zero attached hydrogens (tertiary/aromatic N) is 1. The Balaban J connectivity index is 2.01. The number of ether oxygens (including phenoxy) is 1. The first-order valence-electron chi connectivity index (χ1n) is 9.07. The third kappa shape index (κ3) is 2.43. The van der Waals surface area contributed by atoms with E-state index in [-0.39, 0.29) is 12.3 Å². The van der Waals surface area contributed by atoms with Crippen LogP contribution in [0.25, 0.3) is 0 Å². The minimum atomic E-state index is -0.922. The van der Waals surface area contributed by atoms with E-state index in [4.69, 9.17) is 4.74 Å². The number of methoxy groups -OCH3 is 1. The smallest absolute Gasteiger partial charge is 0.335 e. The molecule has 0 aliphatic carbocycles. The Morgan fingerprint density at radius 1 is 1.33 bits per heavy atom. The second-order valence-corrected chi connectivity index (χ2v) is 7.63. The molecule has 27 heavy (non-hydrogen) atoms. The summed E-state index contributed by atoms with van der Waals surface area (Å²) in [4.78, 5) is 39.8. The van der Waals surface area contributed by atoms with Crippen molar-refractivity contribution in [3.05, 3.63) is 53.3 Å². The van der Waals surface area contributed by atoms with Gasteiger partial charge in [-0.05, 0) is 31.4 Å². The first-order valence-corrected chi connectivity index (χ1v) is 9.07. The van der Waals surface area contributed by atoms with Gasteiger partial charge in [-0.25, -0.2) is 4.79 Å². The van der Waals surface area contributed by atoms with E-state index in [2.05, 4.69) is 5.32 Å². The van der Waals surface area contributed by atoms with Crippen LogP contribution in [0.2, 0.25) is 0 Å². The van der Waals surface area contributed by atoms with Crippen molar-refractivity contribution < 1.29 is 19.1 Å². The van der Waals surface area contributed by atoms with E-state index in [1.54, 1.807) is 17.9 Å². The highest BCUT2D eigenvalue weighted by molar-refractivity contribution is 6.03. The number of carbonyl (C=O) groups is 3. The number of allylic oxidation sites excluding steroid dienone is 1. The number of esters is 1. The Hall–Kier alpha value is -2.89. The molecule has 1 spiro atoms. The van der Waals surface area contributed by atoms with E-state index in [0.29, 0.717) is 30.8 Å². The van der Waals surface area contributed by atoms with Gasteiger partial charge in [0.2, 0.25) is 5.91 Å². The van der Waals surface area contributed by atoms with Crippen molar-refractivity contribution in [2.75, 3.05) is 25.5 Å². The summed E-state index contributed by atoms with van der Waals surface area (Å²) in [5, 5.41) is 3.32. The van der Waals surface area contributed by atoms with Gasteiger partial charge < -0.3 is 19.7 Å². The number of nitrogens with one attached hydrogen (secondary N) is 1. The van der Waals surface area contributed by atoms with Crippen molar-refractivity contribution in [1.29, 1.82) is 0 Å². The van der Waals surface area contributed by atoms with Gasteiger partial charge in [0.1, 0.15) is 11.7 Å². The van der Waals surface area contributed by atoms with Gasteiger partial charge in [-0.3, -0.25) is 4.79 Å². The molecule has 2 bridgehead atoms. The maximum atomic E-state index is 13.5. The van der Waals surface area contributed by atoms with Gasteiger partial charge in [-0.2, -0.15) is 0 Å². The summed E-state index contributed by atoms with van der Waals surface area (Å²) in [7, 11) is 1.32. The summed E-state index contributed by atoms with van der Waals surface area (Å²) in [5.41, 5.74) is 0.844. The highest BCUT2D eigenvalue weighted by atomic mass is 16.5. The molecule has 1 aromatic rings. The maximum Gasteiger partial charge on any atom is 0.335 e. The van der Waals surface area contributed by atoms with Crippen molar-refractivity contribution in [1.82, 2.24) is 4.90 Å². The molecular weight excluding hydrogens is 344 g/mol. The molecule has 3 aliphatic rings. The molecule has 1 aromatic carbocycles. The van der Waals surface area contributed by atoms with Crippen LogP contribution in [0.5, 0.6) is 0 Å². The molecule has 1 saturated heterocycles. The second kappa shape index (κ2) is 6.08. The van der Waals surface area contributed by atoms with Crippen LogP contribution in [0, 0.1) is 5.41 Å². The summed E-state index contributed by atoms with van der Waals surface area (Å²) in [6.07, 6.45) is 5.23. The highest BCUT2D eigenvalue weighted by Crippen LogP contribution is 2.52. The summed E-state index contributed by atoms with van der Waals surface area (Å²) < 4.78 is 5.04. The Morgan fingerprint density at radius 3 is 2.85 bits per heavy atom. The lowest BCUT2D eigenvalue weighted by Gasteiger charge is -2.30. The summed E-state index contributed by atoms with van der Waals surface area (Å²) in [6, 6.07) is 7.64. The van der Waals surface area contributed by atoms with Crippen LogP contribution in [0.1, 0.15) is 25.3 Å². The Kier molecular flexibility index (Phi) is 3.94. The van der Waals surface area contributed by atoms with E-state index in [1.165, 1.54) is 7.11 Å². The molecule has 0 saturated carbocycles. The SMILES string of the molecule is COC(=O)C1=C2Nc3ccccc3C23CCN(CC=CC(C)(C=O)C1)C3=O. The van der Waals surface area contributed by atoms with Crippen LogP contribution in [-0.4, -0.2) is 43.3 Å². The minimum Gasteiger partial charge on any atom is -0.466 e. The van der Waals surface area contributed by atoms with E-state index in [0.717, 1.165) is 17.5 Å². The van der Waals surface area contributed by atoms with Gasteiger partial charge in [-0.15, -0.1) is 0 Å². The number of anilines is 1. The molecule has 1 fully saturated rings. The molecule has 2 unspecified atom stereocenters. The van der Waals surface area contributed by atoms with Gasteiger partial charge >= 0.3 is 5.97 Å². The average molecular weight is 366 g/mol. The number of hydrogen-bond donors (Lipinski definition) is 1. The van der Waals surface area contributed by atoms with Crippen LogP contribution in [0.15, 0.2) is 47.7 Å². The maximum absolute atomic E-state index is 13.5. The average Bonchev–Trinajstić information content (AvgIpc) is 3.18. The predicted molar refractivity (Wildman–Crippen MR) is 99.9 cm³/mol. The molecule has 6 nitrogen and oxygen atoms in total. The fraction of sp³-hybridized carbons (Fsp3) is 0.381. The molecule has 0 aromatic heterocycles. The normalized spacial score (nSPS) is 29.1. The van der Waals surface area contributed by atoms with E-state index < -0.39 is 16.8 Å². The van der Waals surface area contributed by atoms with Crippen molar-refractivity contribution >= 4 is 23.9 Å². The lowest BCUT2D eigenvalue weighted by molar-refractivity contribution is -0.136. The number of aldehydes is 1. The number of amides is 1. The van der Waals surface area contributed by atoms with Crippen molar-refractivity contribution in [2.45, 2.75) is 25.2 Å². The molecule has 6 heteroatoms. The zero-order valence-electron chi connectivity index (χ0n) is 15.5. The van der Waals surface area contributed by atoms with Crippen LogP contribution < -0.4 is 5.32 Å². The van der Waals surface area contributed by atoms with Crippen LogP contribution in [0.4, 0.5) is 5.69 Å². The van der Waals surface area contributed by atoms with Crippen LogP contribution >= 0.6 is 0 Å². The molecule has 3 aliphatic heterocycles. The van der Waals surface area contributed by atoms with Crippen LogP contribution in [0.3, 0.4) is 0 Å². The number of rotatable bonds is 2. The number of fused-ring (bicyclic) bond motifs is 2. The van der Waals surface area contributed by atoms with Crippen LogP contribution in [-0.2, 0) is 24.5 Å². The van der Waals surface area contributed by atoms with Crippen molar-refractivity contribution in [3.8, 4) is 0 Å². The molecule has 0 radical (unpaired) electrons. The molecule has 4 rings (SSSR count). The molecule has 1 N–H and O–H groups in total. The lowest BCUT2D eigenvalue weighted by atomic mass is 9.74. The zero-order valence-corrected chi connectivity index (χ0v) is 15.5. The van der Waals surface area contributed by atoms with E-state index >= 15 is 0 Å². The Labute approximate surface area is 157 Å². The number of benzene rings is 1. The summed E-state index contributed by atoms with van der Waals surface area (Å²) in [5.74, 6) is -0.534. The predicted octanol–water partition coefficient (Wildman–Crippen LogP) is 2.17. The molecular formula is C21H22N2O4. The van der Waals surface area contributed by atoms with Gasteiger partial charge in [-0.1, -0.05) is 30.4 Å². The third-order valence-corrected chi connectivity index (χ3v) is 5.87. The summed E-state index contributed by atoms with van der Waals surface area (Å²) >= 11 is 0. The monoisotopic (exact) mass is 366 g/mol. The first-order chi connectivity index (χ1) is 12.9. The lowest BCUT2D eigenvalue weighted by Crippen LogP contribution is -2.40. The Bertz CT molecular complexity index is 903. The van der Waals surface area contributed by atoms with E-state index in [1.807, 2.05) is 30.3 Å². The quantitative estimate of drug-likeness (QED) is 0.493. The summed E-state index contributed by atoms with van der Waals surface area (Å²) in [6.45, 7) is 2.83. The van der Waals surface area contributed by atoms with Gasteiger partial charge in [0.15, 0.2) is 0 Å². The van der Waals surface area contributed by atoms with E-state index in [9.17, 15) is 14.4 Å². The molecule has 3 heterocycles. The third-order valence-electron chi connectivity index (χ3n) is 5.87. The van der Waals surface area contributed by atoms with Gasteiger partial charge in [0.05, 0.1) is 12.7 Å². The number of carbonyl (C=O) groups excluding carboxylic acids is 3. The Morgan fingerprint density at radius 2 is 2.11 bits per heavy atom.